The number of thioether (sulfide) groups is 1. The van der Waals surface area contributed by atoms with E-state index in [2.05, 4.69) is 23.8 Å². The highest BCUT2D eigenvalue weighted by atomic mass is 32.2. The van der Waals surface area contributed by atoms with Gasteiger partial charge in [-0.25, -0.2) is 0 Å². The van der Waals surface area contributed by atoms with Crippen molar-refractivity contribution >= 4 is 23.6 Å². The average Bonchev–Trinajstić information content (AvgIpc) is 2.56. The van der Waals surface area contributed by atoms with E-state index in [-0.39, 0.29) is 17.3 Å². The van der Waals surface area contributed by atoms with E-state index in [9.17, 15) is 9.59 Å². The molecular weight excluding hydrogens is 310 g/mol. The first-order chi connectivity index (χ1) is 11.1. The smallest absolute Gasteiger partial charge is 0.305 e. The van der Waals surface area contributed by atoms with E-state index >= 15 is 0 Å². The summed E-state index contributed by atoms with van der Waals surface area (Å²) in [5.41, 5.74) is 2.47. The fourth-order valence-electron chi connectivity index (χ4n) is 2.82. The van der Waals surface area contributed by atoms with Gasteiger partial charge in [0.15, 0.2) is 0 Å². The Hall–Kier alpha value is -1.49. The number of methoxy groups -OCH3 is 1. The molecule has 5 heteroatoms. The van der Waals surface area contributed by atoms with E-state index in [4.69, 9.17) is 0 Å². The van der Waals surface area contributed by atoms with Gasteiger partial charge in [0.2, 0.25) is 5.91 Å². The molecule has 1 fully saturated rings. The number of esters is 1. The van der Waals surface area contributed by atoms with Crippen LogP contribution in [-0.2, 0) is 14.3 Å². The number of carbonyl (C=O) groups is 2. The second kappa shape index (κ2) is 8.96. The van der Waals surface area contributed by atoms with Crippen LogP contribution in [0.1, 0.15) is 48.6 Å². The molecule has 4 nitrogen and oxygen atoms in total. The minimum Gasteiger partial charge on any atom is -0.469 e. The van der Waals surface area contributed by atoms with Crippen LogP contribution in [0.25, 0.3) is 0 Å². The first kappa shape index (κ1) is 17.9. The summed E-state index contributed by atoms with van der Waals surface area (Å²) in [4.78, 5) is 25.5. The lowest BCUT2D eigenvalue weighted by Gasteiger charge is -2.36. The quantitative estimate of drug-likeness (QED) is 0.563. The fourth-order valence-corrected chi connectivity index (χ4v) is 4.18. The number of nitrogens with zero attached hydrogens (tertiary/aromatic N) is 1. The van der Waals surface area contributed by atoms with Gasteiger partial charge >= 0.3 is 5.97 Å². The molecule has 0 spiro atoms. The normalized spacial score (nSPS) is 18.1. The summed E-state index contributed by atoms with van der Waals surface area (Å²) in [5, 5.41) is 0.123. The van der Waals surface area contributed by atoms with Crippen molar-refractivity contribution < 1.29 is 14.3 Å². The zero-order valence-corrected chi connectivity index (χ0v) is 14.7. The van der Waals surface area contributed by atoms with Gasteiger partial charge in [0, 0.05) is 25.1 Å². The monoisotopic (exact) mass is 335 g/mol. The third-order valence-electron chi connectivity index (χ3n) is 4.16. The van der Waals surface area contributed by atoms with Crippen molar-refractivity contribution in [3.05, 3.63) is 35.4 Å². The predicted octanol–water partition coefficient (Wildman–Crippen LogP) is 3.69. The maximum atomic E-state index is 12.3. The molecular formula is C18H25NO3S. The summed E-state index contributed by atoms with van der Waals surface area (Å²) in [6, 6.07) is 8.29. The zero-order chi connectivity index (χ0) is 16.7. The van der Waals surface area contributed by atoms with Gasteiger partial charge < -0.3 is 9.64 Å². The molecule has 1 heterocycles. The highest BCUT2D eigenvalue weighted by Crippen LogP contribution is 2.38. The molecule has 1 aliphatic heterocycles. The van der Waals surface area contributed by atoms with Crippen LogP contribution in [0.4, 0.5) is 0 Å². The number of hydrogen-bond acceptors (Lipinski definition) is 4. The van der Waals surface area contributed by atoms with Crippen LogP contribution in [0.5, 0.6) is 0 Å². The zero-order valence-electron chi connectivity index (χ0n) is 13.9. The van der Waals surface area contributed by atoms with Crippen LogP contribution < -0.4 is 0 Å². The van der Waals surface area contributed by atoms with E-state index in [1.54, 1.807) is 0 Å². The Morgan fingerprint density at radius 1 is 1.30 bits per heavy atom. The highest BCUT2D eigenvalue weighted by molar-refractivity contribution is 7.99. The number of amides is 1. The van der Waals surface area contributed by atoms with Crippen LogP contribution >= 0.6 is 11.8 Å². The molecule has 0 N–H and O–H groups in total. The van der Waals surface area contributed by atoms with Crippen LogP contribution in [0.3, 0.4) is 0 Å². The third kappa shape index (κ3) is 4.99. The standard InChI is InChI=1S/C18H25NO3S/c1-14-8-5-6-9-15(14)18-19(16(20)11-13-23-18)12-7-3-4-10-17(21)22-2/h5-6,8-9,18H,3-4,7,10-13H2,1-2H3. The van der Waals surface area contributed by atoms with Gasteiger partial charge in [-0.2, -0.15) is 0 Å². The van der Waals surface area contributed by atoms with Gasteiger partial charge in [-0.15, -0.1) is 11.8 Å². The Labute approximate surface area is 142 Å². The lowest BCUT2D eigenvalue weighted by Crippen LogP contribution is -2.38. The van der Waals surface area contributed by atoms with E-state index in [0.29, 0.717) is 12.8 Å². The molecule has 0 aromatic heterocycles. The molecule has 126 valence electrons. The first-order valence-corrected chi connectivity index (χ1v) is 9.21. The Bertz CT molecular complexity index is 547. The van der Waals surface area contributed by atoms with Gasteiger partial charge in [0.05, 0.1) is 7.11 Å². The number of benzene rings is 1. The average molecular weight is 335 g/mol. The second-order valence-electron chi connectivity index (χ2n) is 5.80. The van der Waals surface area contributed by atoms with Crippen molar-refractivity contribution in [3.8, 4) is 0 Å². The minimum absolute atomic E-state index is 0.123. The first-order valence-electron chi connectivity index (χ1n) is 8.17. The van der Waals surface area contributed by atoms with Crippen molar-refractivity contribution in [1.82, 2.24) is 4.90 Å². The molecule has 1 amide bonds. The molecule has 23 heavy (non-hydrogen) atoms. The van der Waals surface area contributed by atoms with E-state index in [1.165, 1.54) is 18.2 Å². The lowest BCUT2D eigenvalue weighted by atomic mass is 10.1. The van der Waals surface area contributed by atoms with Gasteiger partial charge in [0.25, 0.3) is 0 Å². The Morgan fingerprint density at radius 2 is 2.09 bits per heavy atom. The summed E-state index contributed by atoms with van der Waals surface area (Å²) < 4.78 is 4.65. The molecule has 1 aliphatic rings. The number of rotatable bonds is 7. The van der Waals surface area contributed by atoms with Crippen LogP contribution in [0.2, 0.25) is 0 Å². The number of ether oxygens (including phenoxy) is 1. The topological polar surface area (TPSA) is 46.6 Å². The summed E-state index contributed by atoms with van der Waals surface area (Å²) >= 11 is 1.85. The van der Waals surface area contributed by atoms with Gasteiger partial charge in [-0.05, 0) is 30.9 Å². The molecule has 1 atom stereocenters. The molecule has 1 aromatic carbocycles. The molecule has 0 radical (unpaired) electrons. The van der Waals surface area contributed by atoms with E-state index < -0.39 is 0 Å². The summed E-state index contributed by atoms with van der Waals surface area (Å²) in [6.07, 6.45) is 3.75. The molecule has 1 aromatic rings. The van der Waals surface area contributed by atoms with Gasteiger partial charge in [-0.3, -0.25) is 9.59 Å². The number of aryl methyl sites for hydroxylation is 1. The lowest BCUT2D eigenvalue weighted by molar-refractivity contribution is -0.140. The Morgan fingerprint density at radius 3 is 2.83 bits per heavy atom. The summed E-state index contributed by atoms with van der Waals surface area (Å²) in [5.74, 6) is 0.966. The third-order valence-corrected chi connectivity index (χ3v) is 5.42. The SMILES string of the molecule is COC(=O)CCCCCN1C(=O)CCSC1c1ccccc1C. The predicted molar refractivity (Wildman–Crippen MR) is 93.2 cm³/mol. The van der Waals surface area contributed by atoms with E-state index in [0.717, 1.165) is 31.6 Å². The van der Waals surface area contributed by atoms with Crippen molar-refractivity contribution in [1.29, 1.82) is 0 Å². The van der Waals surface area contributed by atoms with Gasteiger partial charge in [-0.1, -0.05) is 30.7 Å². The number of hydrogen-bond donors (Lipinski definition) is 0. The van der Waals surface area contributed by atoms with Crippen LogP contribution in [-0.4, -0.2) is 36.2 Å². The Kier molecular flexibility index (Phi) is 6.96. The molecule has 0 aliphatic carbocycles. The van der Waals surface area contributed by atoms with Crippen molar-refractivity contribution in [2.75, 3.05) is 19.4 Å². The van der Waals surface area contributed by atoms with Crippen molar-refractivity contribution in [3.63, 3.8) is 0 Å². The second-order valence-corrected chi connectivity index (χ2v) is 6.99. The Balaban J connectivity index is 1.92. The van der Waals surface area contributed by atoms with Crippen LogP contribution in [0, 0.1) is 6.92 Å². The number of carbonyl (C=O) groups excluding carboxylic acids is 2. The molecule has 0 saturated carbocycles. The van der Waals surface area contributed by atoms with Crippen LogP contribution in [0.15, 0.2) is 24.3 Å². The maximum Gasteiger partial charge on any atom is 0.305 e. The molecule has 1 saturated heterocycles. The fraction of sp³-hybridized carbons (Fsp3) is 0.556. The highest BCUT2D eigenvalue weighted by Gasteiger charge is 2.30. The maximum absolute atomic E-state index is 12.3. The largest absolute Gasteiger partial charge is 0.469 e. The van der Waals surface area contributed by atoms with E-state index in [1.807, 2.05) is 28.8 Å². The molecule has 0 bridgehead atoms. The summed E-state index contributed by atoms with van der Waals surface area (Å²) in [6.45, 7) is 2.86. The minimum atomic E-state index is -0.160. The number of unbranched alkanes of at least 4 members (excludes halogenated alkanes) is 2. The molecule has 1 unspecified atom stereocenters. The summed E-state index contributed by atoms with van der Waals surface area (Å²) in [7, 11) is 1.42. The van der Waals surface area contributed by atoms with Gasteiger partial charge in [0.1, 0.15) is 5.37 Å². The molecule has 2 rings (SSSR count). The van der Waals surface area contributed by atoms with Crippen molar-refractivity contribution in [2.45, 2.75) is 44.4 Å². The van der Waals surface area contributed by atoms with Crippen molar-refractivity contribution in [2.24, 2.45) is 0 Å².